The number of esters is 2. The van der Waals surface area contributed by atoms with Gasteiger partial charge < -0.3 is 24.1 Å². The molecule has 6 aliphatic rings. The van der Waals surface area contributed by atoms with Crippen LogP contribution in [-0.4, -0.2) is 59.6 Å². The van der Waals surface area contributed by atoms with Crippen molar-refractivity contribution in [2.75, 3.05) is 6.61 Å². The Morgan fingerprint density at radius 1 is 1.08 bits per heavy atom. The molecule has 0 aromatic heterocycles. The van der Waals surface area contributed by atoms with E-state index in [1.165, 1.54) is 6.92 Å². The van der Waals surface area contributed by atoms with Crippen LogP contribution < -0.4 is 0 Å². The average Bonchev–Trinajstić information content (AvgIpc) is 3.42. The minimum atomic E-state index is -0.988. The van der Waals surface area contributed by atoms with Crippen LogP contribution in [0.1, 0.15) is 79.1 Å². The van der Waals surface area contributed by atoms with E-state index < -0.39 is 29.5 Å². The lowest BCUT2D eigenvalue weighted by molar-refractivity contribution is -0.255. The summed E-state index contributed by atoms with van der Waals surface area (Å²) in [5.74, 6) is -0.00775. The number of rotatable bonds is 4. The molecule has 0 amide bonds. The van der Waals surface area contributed by atoms with Crippen molar-refractivity contribution in [2.24, 2.45) is 34.5 Å². The van der Waals surface area contributed by atoms with Gasteiger partial charge in [0, 0.05) is 18.4 Å². The normalized spacial score (nSPS) is 49.0. The maximum absolute atomic E-state index is 12.6. The molecule has 0 saturated heterocycles. The molecule has 11 atom stereocenters. The SMILES string of the molecule is CC(=O)O[C@@H]1C[C@H]2[C@@H](CC[C@@H]3C[C@@H](O[C@H]4C=CC(=O)[C@H](C)O4)CC[C@@]32C)[C@@]2(O)CC[C@H](C3=CC(=O)OC3)[C@@]12C. The van der Waals surface area contributed by atoms with Gasteiger partial charge in [-0.05, 0) is 105 Å². The van der Waals surface area contributed by atoms with E-state index in [1.54, 1.807) is 25.2 Å². The first-order valence-corrected chi connectivity index (χ1v) is 14.8. The number of hydrogen-bond donors (Lipinski definition) is 1. The maximum Gasteiger partial charge on any atom is 0.331 e. The van der Waals surface area contributed by atoms with E-state index in [-0.39, 0.29) is 53.6 Å². The Bertz CT molecular complexity index is 1110. The smallest absolute Gasteiger partial charge is 0.331 e. The van der Waals surface area contributed by atoms with Gasteiger partial charge in [-0.3, -0.25) is 9.59 Å². The highest BCUT2D eigenvalue weighted by molar-refractivity contribution is 5.93. The van der Waals surface area contributed by atoms with E-state index in [0.717, 1.165) is 44.1 Å². The second kappa shape index (κ2) is 9.52. The highest BCUT2D eigenvalue weighted by Gasteiger charge is 2.72. The molecule has 0 aromatic carbocycles. The highest BCUT2D eigenvalue weighted by Crippen LogP contribution is 2.70. The predicted molar refractivity (Wildman–Crippen MR) is 140 cm³/mol. The minimum Gasteiger partial charge on any atom is -0.462 e. The number of carbonyl (C=O) groups is 3. The Morgan fingerprint density at radius 2 is 1.87 bits per heavy atom. The fourth-order valence-corrected chi connectivity index (χ4v) is 9.71. The summed E-state index contributed by atoms with van der Waals surface area (Å²) in [7, 11) is 0. The summed E-state index contributed by atoms with van der Waals surface area (Å²) >= 11 is 0. The maximum atomic E-state index is 12.6. The van der Waals surface area contributed by atoms with Crippen molar-refractivity contribution in [3.05, 3.63) is 23.8 Å². The summed E-state index contributed by atoms with van der Waals surface area (Å²) in [6.45, 7) is 7.91. The summed E-state index contributed by atoms with van der Waals surface area (Å²) in [4.78, 5) is 36.1. The summed E-state index contributed by atoms with van der Waals surface area (Å²) in [6.07, 6.45) is 10.3. The van der Waals surface area contributed by atoms with Crippen molar-refractivity contribution >= 4 is 17.7 Å². The first-order valence-electron chi connectivity index (χ1n) is 14.8. The van der Waals surface area contributed by atoms with Gasteiger partial charge in [-0.1, -0.05) is 13.8 Å². The van der Waals surface area contributed by atoms with Crippen molar-refractivity contribution in [3.8, 4) is 0 Å². The molecule has 0 unspecified atom stereocenters. The summed E-state index contributed by atoms with van der Waals surface area (Å²) in [5.41, 5.74) is -0.754. The number of carbonyl (C=O) groups excluding carboxylic acids is 3. The number of fused-ring (bicyclic) bond motifs is 5. The lowest BCUT2D eigenvalue weighted by Gasteiger charge is -2.65. The standard InChI is InChI=1S/C31H42O8/c1-17-25(33)7-8-28(37-17)39-21-9-11-29(3)20(14-21)5-6-23-24(29)15-26(38-18(2)32)30(4)22(10-12-31(23,30)35)19-13-27(34)36-16-19/h7-8,13,17,20-24,26,28,35H,5-6,9-12,14-16H2,1-4H3/t17-,20+,21-,22+,23+,24-,26+,28-,29-,30-,31-/m0/s1. The van der Waals surface area contributed by atoms with Crippen LogP contribution in [0.25, 0.3) is 0 Å². The molecule has 0 radical (unpaired) electrons. The summed E-state index contributed by atoms with van der Waals surface area (Å²) < 4.78 is 23.4. The Morgan fingerprint density at radius 3 is 2.56 bits per heavy atom. The van der Waals surface area contributed by atoms with Crippen LogP contribution in [0.4, 0.5) is 0 Å². The second-order valence-corrected chi connectivity index (χ2v) is 13.4. The number of aliphatic hydroxyl groups is 1. The topological polar surface area (TPSA) is 108 Å². The molecular formula is C31H42O8. The van der Waals surface area contributed by atoms with E-state index >= 15 is 0 Å². The Labute approximate surface area is 230 Å². The Balaban J connectivity index is 1.25. The molecule has 4 fully saturated rings. The first kappa shape index (κ1) is 27.2. The van der Waals surface area contributed by atoms with Crippen molar-refractivity contribution < 1.29 is 38.4 Å². The lowest BCUT2D eigenvalue weighted by atomic mass is 9.42. The van der Waals surface area contributed by atoms with Crippen molar-refractivity contribution in [2.45, 2.75) is 109 Å². The molecular weight excluding hydrogens is 500 g/mol. The first-order chi connectivity index (χ1) is 18.5. The van der Waals surface area contributed by atoms with Gasteiger partial charge in [0.05, 0.1) is 11.7 Å². The molecule has 0 spiro atoms. The van der Waals surface area contributed by atoms with Gasteiger partial charge in [0.1, 0.15) is 18.8 Å². The predicted octanol–water partition coefficient (Wildman–Crippen LogP) is 4.04. The summed E-state index contributed by atoms with van der Waals surface area (Å²) in [6, 6.07) is 0. The number of ketones is 1. The van der Waals surface area contributed by atoms with Gasteiger partial charge in [-0.2, -0.15) is 0 Å². The molecule has 1 N–H and O–H groups in total. The van der Waals surface area contributed by atoms with Crippen LogP contribution in [0.3, 0.4) is 0 Å². The largest absolute Gasteiger partial charge is 0.462 e. The van der Waals surface area contributed by atoms with Gasteiger partial charge in [0.2, 0.25) is 0 Å². The molecule has 2 heterocycles. The zero-order valence-electron chi connectivity index (χ0n) is 23.5. The monoisotopic (exact) mass is 542 g/mol. The quantitative estimate of drug-likeness (QED) is 0.531. The number of cyclic esters (lactones) is 1. The van der Waals surface area contributed by atoms with Crippen LogP contribution in [-0.2, 0) is 33.3 Å². The molecule has 8 nitrogen and oxygen atoms in total. The van der Waals surface area contributed by atoms with E-state index in [1.807, 2.05) is 0 Å². The molecule has 214 valence electrons. The fraction of sp³-hybridized carbons (Fsp3) is 0.774. The number of hydrogen-bond acceptors (Lipinski definition) is 8. The van der Waals surface area contributed by atoms with Crippen LogP contribution in [0.5, 0.6) is 0 Å². The third kappa shape index (κ3) is 4.15. The van der Waals surface area contributed by atoms with Crippen LogP contribution >= 0.6 is 0 Å². The lowest BCUT2D eigenvalue weighted by Crippen LogP contribution is -2.67. The van der Waals surface area contributed by atoms with Gasteiger partial charge in [-0.25, -0.2) is 4.79 Å². The molecule has 0 bridgehead atoms. The molecule has 6 rings (SSSR count). The third-order valence-corrected chi connectivity index (χ3v) is 11.8. The molecule has 0 aromatic rings. The van der Waals surface area contributed by atoms with Gasteiger partial charge in [0.15, 0.2) is 12.1 Å². The zero-order valence-corrected chi connectivity index (χ0v) is 23.5. The highest BCUT2D eigenvalue weighted by atomic mass is 16.7. The minimum absolute atomic E-state index is 0.00541. The second-order valence-electron chi connectivity index (χ2n) is 13.4. The molecule has 2 aliphatic heterocycles. The van der Waals surface area contributed by atoms with Gasteiger partial charge >= 0.3 is 11.9 Å². The zero-order chi connectivity index (χ0) is 27.7. The van der Waals surface area contributed by atoms with Gasteiger partial charge in [-0.15, -0.1) is 0 Å². The van der Waals surface area contributed by atoms with Crippen molar-refractivity contribution in [3.63, 3.8) is 0 Å². The van der Waals surface area contributed by atoms with Crippen LogP contribution in [0, 0.1) is 34.5 Å². The van der Waals surface area contributed by atoms with Crippen molar-refractivity contribution in [1.82, 2.24) is 0 Å². The van der Waals surface area contributed by atoms with E-state index in [9.17, 15) is 19.5 Å². The Hall–Kier alpha value is -2.03. The van der Waals surface area contributed by atoms with E-state index in [2.05, 4.69) is 13.8 Å². The molecule has 8 heteroatoms. The van der Waals surface area contributed by atoms with E-state index in [4.69, 9.17) is 18.9 Å². The molecule has 4 aliphatic carbocycles. The van der Waals surface area contributed by atoms with Gasteiger partial charge in [0.25, 0.3) is 0 Å². The number of ether oxygens (including phenoxy) is 4. The molecule has 4 saturated carbocycles. The average molecular weight is 543 g/mol. The van der Waals surface area contributed by atoms with E-state index in [0.29, 0.717) is 18.8 Å². The van der Waals surface area contributed by atoms with Crippen LogP contribution in [0.2, 0.25) is 0 Å². The Kier molecular flexibility index (Phi) is 6.63. The van der Waals surface area contributed by atoms with Crippen molar-refractivity contribution in [1.29, 1.82) is 0 Å². The van der Waals surface area contributed by atoms with Crippen LogP contribution in [0.15, 0.2) is 23.8 Å². The summed E-state index contributed by atoms with van der Waals surface area (Å²) in [5, 5.41) is 12.6. The third-order valence-electron chi connectivity index (χ3n) is 11.8. The molecule has 39 heavy (non-hydrogen) atoms. The fourth-order valence-electron chi connectivity index (χ4n) is 9.71.